The van der Waals surface area contributed by atoms with Crippen molar-refractivity contribution in [3.8, 4) is 0 Å². The number of aliphatic carboxylic acids is 1. The van der Waals surface area contributed by atoms with Gasteiger partial charge in [-0.1, -0.05) is 38.0 Å². The molecular formula is C15H22O4S. The molecule has 0 heterocycles. The van der Waals surface area contributed by atoms with E-state index in [9.17, 15) is 13.2 Å². The Hall–Kier alpha value is -1.36. The molecule has 1 N–H and O–H groups in total. The van der Waals surface area contributed by atoms with Crippen LogP contribution in [-0.4, -0.2) is 25.2 Å². The van der Waals surface area contributed by atoms with Crippen LogP contribution in [0.15, 0.2) is 35.2 Å². The second-order valence-electron chi connectivity index (χ2n) is 5.04. The molecule has 1 rings (SSSR count). The number of benzene rings is 1. The minimum Gasteiger partial charge on any atom is -0.481 e. The monoisotopic (exact) mass is 298 g/mol. The first-order chi connectivity index (χ1) is 9.45. The molecule has 5 heteroatoms. The van der Waals surface area contributed by atoms with Crippen LogP contribution in [-0.2, 0) is 14.6 Å². The molecule has 0 saturated carbocycles. The summed E-state index contributed by atoms with van der Waals surface area (Å²) in [7, 11) is -3.33. The number of carboxylic acids is 1. The summed E-state index contributed by atoms with van der Waals surface area (Å²) >= 11 is 0. The maximum absolute atomic E-state index is 12.3. The van der Waals surface area contributed by atoms with Crippen molar-refractivity contribution in [2.75, 3.05) is 5.75 Å². The average molecular weight is 298 g/mol. The van der Waals surface area contributed by atoms with E-state index in [2.05, 4.69) is 0 Å². The molecule has 0 aliphatic rings. The zero-order valence-corrected chi connectivity index (χ0v) is 12.6. The number of sulfone groups is 1. The molecule has 0 bridgehead atoms. The highest BCUT2D eigenvalue weighted by Gasteiger charge is 2.21. The average Bonchev–Trinajstić information content (AvgIpc) is 2.42. The molecule has 0 aromatic heterocycles. The van der Waals surface area contributed by atoms with Crippen LogP contribution >= 0.6 is 0 Å². The van der Waals surface area contributed by atoms with Gasteiger partial charge >= 0.3 is 5.97 Å². The van der Waals surface area contributed by atoms with Crippen molar-refractivity contribution < 1.29 is 18.3 Å². The SMILES string of the molecule is CCCC[C@@H](CCC(=O)O)CS(=O)(=O)c1ccccc1. The third-order valence-electron chi connectivity index (χ3n) is 3.29. The molecule has 1 atom stereocenters. The molecule has 112 valence electrons. The van der Waals surface area contributed by atoms with Gasteiger partial charge in [0, 0.05) is 6.42 Å². The van der Waals surface area contributed by atoms with Crippen molar-refractivity contribution in [3.05, 3.63) is 30.3 Å². The first kappa shape index (κ1) is 16.7. The molecule has 0 spiro atoms. The molecule has 0 radical (unpaired) electrons. The standard InChI is InChI=1S/C15H22O4S/c1-2-3-7-13(10-11-15(16)17)12-20(18,19)14-8-5-4-6-9-14/h4-6,8-9,13H,2-3,7,10-12H2,1H3,(H,16,17)/t13-/m0/s1. The predicted octanol–water partition coefficient (Wildman–Crippen LogP) is 3.13. The topological polar surface area (TPSA) is 71.4 Å². The van der Waals surface area contributed by atoms with Gasteiger partial charge in [0.25, 0.3) is 0 Å². The Morgan fingerprint density at radius 3 is 2.40 bits per heavy atom. The fourth-order valence-electron chi connectivity index (χ4n) is 2.17. The fraction of sp³-hybridized carbons (Fsp3) is 0.533. The lowest BCUT2D eigenvalue weighted by atomic mass is 9.99. The second kappa shape index (κ2) is 8.04. The van der Waals surface area contributed by atoms with Crippen molar-refractivity contribution >= 4 is 15.8 Å². The number of unbranched alkanes of at least 4 members (excludes halogenated alkanes) is 1. The van der Waals surface area contributed by atoms with E-state index < -0.39 is 15.8 Å². The third-order valence-corrected chi connectivity index (χ3v) is 5.19. The van der Waals surface area contributed by atoms with Crippen LogP contribution in [0, 0.1) is 5.92 Å². The van der Waals surface area contributed by atoms with E-state index in [-0.39, 0.29) is 18.1 Å². The molecule has 0 unspecified atom stereocenters. The van der Waals surface area contributed by atoms with Gasteiger partial charge in [-0.3, -0.25) is 4.79 Å². The number of rotatable bonds is 9. The van der Waals surface area contributed by atoms with Crippen LogP contribution < -0.4 is 0 Å². The summed E-state index contributed by atoms with van der Waals surface area (Å²) in [6.07, 6.45) is 3.11. The number of carboxylic acid groups (broad SMARTS) is 1. The van der Waals surface area contributed by atoms with Gasteiger partial charge < -0.3 is 5.11 Å². The maximum atomic E-state index is 12.3. The molecule has 0 amide bonds. The van der Waals surface area contributed by atoms with Crippen LogP contribution in [0.1, 0.15) is 39.0 Å². The van der Waals surface area contributed by atoms with E-state index in [1.165, 1.54) is 0 Å². The van der Waals surface area contributed by atoms with Gasteiger partial charge in [-0.25, -0.2) is 8.42 Å². The lowest BCUT2D eigenvalue weighted by Gasteiger charge is -2.16. The Labute approximate surface area is 120 Å². The summed E-state index contributed by atoms with van der Waals surface area (Å²) in [5, 5.41) is 8.75. The fourth-order valence-corrected chi connectivity index (χ4v) is 3.88. The van der Waals surface area contributed by atoms with Gasteiger partial charge in [0.2, 0.25) is 0 Å². The Balaban J connectivity index is 2.74. The lowest BCUT2D eigenvalue weighted by molar-refractivity contribution is -0.137. The first-order valence-corrected chi connectivity index (χ1v) is 8.60. The van der Waals surface area contributed by atoms with E-state index in [0.717, 1.165) is 19.3 Å². The first-order valence-electron chi connectivity index (χ1n) is 6.95. The number of hydrogen-bond donors (Lipinski definition) is 1. The van der Waals surface area contributed by atoms with Crippen molar-refractivity contribution in [1.29, 1.82) is 0 Å². The third kappa shape index (κ3) is 5.74. The Kier molecular flexibility index (Phi) is 6.71. The van der Waals surface area contributed by atoms with Crippen molar-refractivity contribution in [1.82, 2.24) is 0 Å². The molecule has 0 aliphatic carbocycles. The highest BCUT2D eigenvalue weighted by molar-refractivity contribution is 7.91. The van der Waals surface area contributed by atoms with Gasteiger partial charge in [0.15, 0.2) is 9.84 Å². The summed E-state index contributed by atoms with van der Waals surface area (Å²) in [6, 6.07) is 8.35. The Bertz CT molecular complexity index is 508. The number of hydrogen-bond acceptors (Lipinski definition) is 3. The maximum Gasteiger partial charge on any atom is 0.303 e. The van der Waals surface area contributed by atoms with E-state index in [1.807, 2.05) is 6.92 Å². The largest absolute Gasteiger partial charge is 0.481 e. The normalized spacial score (nSPS) is 13.1. The van der Waals surface area contributed by atoms with E-state index in [4.69, 9.17) is 5.11 Å². The molecule has 0 aliphatic heterocycles. The summed E-state index contributed by atoms with van der Waals surface area (Å²) in [5.74, 6) is -0.926. The van der Waals surface area contributed by atoms with Gasteiger partial charge in [-0.2, -0.15) is 0 Å². The molecule has 1 aromatic carbocycles. The van der Waals surface area contributed by atoms with Gasteiger partial charge in [0.1, 0.15) is 0 Å². The summed E-state index contributed by atoms with van der Waals surface area (Å²) < 4.78 is 24.6. The van der Waals surface area contributed by atoms with Gasteiger partial charge in [-0.15, -0.1) is 0 Å². The van der Waals surface area contributed by atoms with Gasteiger partial charge in [0.05, 0.1) is 10.6 Å². The molecule has 4 nitrogen and oxygen atoms in total. The molecule has 0 fully saturated rings. The van der Waals surface area contributed by atoms with Crippen LogP contribution in [0.4, 0.5) is 0 Å². The van der Waals surface area contributed by atoms with Gasteiger partial charge in [-0.05, 0) is 30.9 Å². The van der Waals surface area contributed by atoms with Crippen molar-refractivity contribution in [2.45, 2.75) is 43.9 Å². The number of carbonyl (C=O) groups is 1. The smallest absolute Gasteiger partial charge is 0.303 e. The highest BCUT2D eigenvalue weighted by Crippen LogP contribution is 2.21. The predicted molar refractivity (Wildman–Crippen MR) is 78.4 cm³/mol. The minimum absolute atomic E-state index is 0.0265. The van der Waals surface area contributed by atoms with Crippen LogP contribution in [0.25, 0.3) is 0 Å². The molecule has 20 heavy (non-hydrogen) atoms. The summed E-state index contributed by atoms with van der Waals surface area (Å²) in [4.78, 5) is 11.0. The summed E-state index contributed by atoms with van der Waals surface area (Å²) in [5.41, 5.74) is 0. The Morgan fingerprint density at radius 1 is 1.20 bits per heavy atom. The Morgan fingerprint density at radius 2 is 1.85 bits per heavy atom. The van der Waals surface area contributed by atoms with Crippen LogP contribution in [0.3, 0.4) is 0 Å². The minimum atomic E-state index is -3.33. The van der Waals surface area contributed by atoms with Crippen molar-refractivity contribution in [2.24, 2.45) is 5.92 Å². The van der Waals surface area contributed by atoms with E-state index >= 15 is 0 Å². The van der Waals surface area contributed by atoms with Crippen LogP contribution in [0.5, 0.6) is 0 Å². The second-order valence-corrected chi connectivity index (χ2v) is 7.07. The molecule has 0 saturated heterocycles. The van der Waals surface area contributed by atoms with Crippen LogP contribution in [0.2, 0.25) is 0 Å². The zero-order chi connectivity index (χ0) is 15.0. The zero-order valence-electron chi connectivity index (χ0n) is 11.8. The summed E-state index contributed by atoms with van der Waals surface area (Å²) in [6.45, 7) is 2.04. The van der Waals surface area contributed by atoms with E-state index in [0.29, 0.717) is 11.3 Å². The molecular weight excluding hydrogens is 276 g/mol. The lowest BCUT2D eigenvalue weighted by Crippen LogP contribution is -2.17. The highest BCUT2D eigenvalue weighted by atomic mass is 32.2. The quantitative estimate of drug-likeness (QED) is 0.760. The van der Waals surface area contributed by atoms with Crippen molar-refractivity contribution in [3.63, 3.8) is 0 Å². The van der Waals surface area contributed by atoms with E-state index in [1.54, 1.807) is 30.3 Å². The molecule has 1 aromatic rings.